The average Bonchev–Trinajstić information content (AvgIpc) is 2.73. The lowest BCUT2D eigenvalue weighted by molar-refractivity contribution is 0.467. The van der Waals surface area contributed by atoms with Crippen LogP contribution in [0.15, 0.2) is 18.2 Å². The molecule has 1 aromatic heterocycles. The third kappa shape index (κ3) is 2.43. The van der Waals surface area contributed by atoms with Gasteiger partial charge < -0.3 is 10.3 Å². The van der Waals surface area contributed by atoms with Gasteiger partial charge in [0.15, 0.2) is 0 Å². The number of imidazole rings is 1. The second-order valence-corrected chi connectivity index (χ2v) is 5.46. The lowest BCUT2D eigenvalue weighted by atomic mass is 9.95. The molecule has 18 heavy (non-hydrogen) atoms. The fourth-order valence-electron chi connectivity index (χ4n) is 2.44. The summed E-state index contributed by atoms with van der Waals surface area (Å²) >= 11 is 6.07. The van der Waals surface area contributed by atoms with E-state index in [9.17, 15) is 4.39 Å². The number of halogens is 2. The van der Waals surface area contributed by atoms with Crippen LogP contribution in [0.3, 0.4) is 0 Å². The maximum Gasteiger partial charge on any atom is 0.201 e. The second-order valence-electron chi connectivity index (χ2n) is 4.84. The van der Waals surface area contributed by atoms with E-state index in [1.807, 2.05) is 0 Å². The molecule has 1 aliphatic rings. The first-order chi connectivity index (χ1) is 8.70. The van der Waals surface area contributed by atoms with Gasteiger partial charge in [-0.05, 0) is 43.9 Å². The maximum atomic E-state index is 13.1. The van der Waals surface area contributed by atoms with Crippen LogP contribution in [-0.2, 0) is 0 Å². The molecule has 1 aromatic carbocycles. The number of hydrogen-bond donors (Lipinski definition) is 2. The van der Waals surface area contributed by atoms with Gasteiger partial charge in [0.25, 0.3) is 0 Å². The largest absolute Gasteiger partial charge is 0.353 e. The van der Waals surface area contributed by atoms with Gasteiger partial charge in [0, 0.05) is 11.4 Å². The zero-order valence-electron chi connectivity index (χ0n) is 9.92. The number of rotatable bonds is 2. The molecule has 0 atom stereocenters. The quantitative estimate of drug-likeness (QED) is 0.815. The molecule has 1 fully saturated rings. The van der Waals surface area contributed by atoms with E-state index in [4.69, 9.17) is 11.6 Å². The molecule has 5 heteroatoms. The van der Waals surface area contributed by atoms with Crippen LogP contribution in [-0.4, -0.2) is 21.4 Å². The number of nitrogens with one attached hydrogen (secondary N) is 2. The van der Waals surface area contributed by atoms with E-state index in [-0.39, 0.29) is 5.82 Å². The van der Waals surface area contributed by atoms with Crippen LogP contribution in [0, 0.1) is 5.82 Å². The standard InChI is InChI=1S/C13H15ClFN3/c14-8-1-4-10(5-2-8)16-13-17-11-6-3-9(15)7-12(11)18-13/h3,6-8,10H,1-2,4-5H2,(H2,16,17,18). The highest BCUT2D eigenvalue weighted by Gasteiger charge is 2.20. The Hall–Kier alpha value is -1.29. The van der Waals surface area contributed by atoms with Crippen LogP contribution in [0.5, 0.6) is 0 Å². The van der Waals surface area contributed by atoms with Crippen molar-refractivity contribution in [1.82, 2.24) is 9.97 Å². The smallest absolute Gasteiger partial charge is 0.201 e. The summed E-state index contributed by atoms with van der Waals surface area (Å²) in [6.45, 7) is 0. The Balaban J connectivity index is 1.74. The highest BCUT2D eigenvalue weighted by molar-refractivity contribution is 6.20. The second kappa shape index (κ2) is 4.76. The predicted molar refractivity (Wildman–Crippen MR) is 71.6 cm³/mol. The van der Waals surface area contributed by atoms with E-state index in [1.165, 1.54) is 12.1 Å². The molecule has 96 valence electrons. The molecule has 0 saturated heterocycles. The molecule has 0 spiro atoms. The molecule has 2 N–H and O–H groups in total. The van der Waals surface area contributed by atoms with Crippen molar-refractivity contribution >= 4 is 28.6 Å². The number of aromatic nitrogens is 2. The van der Waals surface area contributed by atoms with E-state index in [2.05, 4.69) is 15.3 Å². The summed E-state index contributed by atoms with van der Waals surface area (Å²) in [6, 6.07) is 4.97. The minimum Gasteiger partial charge on any atom is -0.353 e. The molecule has 3 rings (SSSR count). The van der Waals surface area contributed by atoms with Crippen molar-refractivity contribution in [2.45, 2.75) is 37.1 Å². The number of nitrogens with zero attached hydrogens (tertiary/aromatic N) is 1. The minimum atomic E-state index is -0.250. The highest BCUT2D eigenvalue weighted by Crippen LogP contribution is 2.25. The molecule has 1 heterocycles. The summed E-state index contributed by atoms with van der Waals surface area (Å²) in [6.07, 6.45) is 4.18. The van der Waals surface area contributed by atoms with Gasteiger partial charge in [-0.25, -0.2) is 9.37 Å². The van der Waals surface area contributed by atoms with Crippen molar-refractivity contribution in [2.24, 2.45) is 0 Å². The lowest BCUT2D eigenvalue weighted by Crippen LogP contribution is -2.26. The molecule has 2 aromatic rings. The zero-order valence-corrected chi connectivity index (χ0v) is 10.7. The van der Waals surface area contributed by atoms with Crippen LogP contribution >= 0.6 is 11.6 Å². The van der Waals surface area contributed by atoms with Gasteiger partial charge in [0.05, 0.1) is 11.0 Å². The fraction of sp³-hybridized carbons (Fsp3) is 0.462. The monoisotopic (exact) mass is 267 g/mol. The van der Waals surface area contributed by atoms with Crippen LogP contribution in [0.4, 0.5) is 10.3 Å². The van der Waals surface area contributed by atoms with E-state index >= 15 is 0 Å². The van der Waals surface area contributed by atoms with Crippen LogP contribution < -0.4 is 5.32 Å². The van der Waals surface area contributed by atoms with Crippen molar-refractivity contribution in [1.29, 1.82) is 0 Å². The SMILES string of the molecule is Fc1ccc2nc(NC3CCC(Cl)CC3)[nH]c2c1. The maximum absolute atomic E-state index is 13.1. The number of hydrogen-bond acceptors (Lipinski definition) is 2. The molecule has 1 saturated carbocycles. The Labute approximate surface area is 110 Å². The molecule has 0 unspecified atom stereocenters. The first-order valence-corrected chi connectivity index (χ1v) is 6.70. The van der Waals surface area contributed by atoms with Crippen molar-refractivity contribution in [3.63, 3.8) is 0 Å². The minimum absolute atomic E-state index is 0.250. The molecule has 1 aliphatic carbocycles. The highest BCUT2D eigenvalue weighted by atomic mass is 35.5. The lowest BCUT2D eigenvalue weighted by Gasteiger charge is -2.25. The Morgan fingerprint density at radius 3 is 2.83 bits per heavy atom. The van der Waals surface area contributed by atoms with Gasteiger partial charge >= 0.3 is 0 Å². The zero-order chi connectivity index (χ0) is 12.5. The van der Waals surface area contributed by atoms with Crippen LogP contribution in [0.25, 0.3) is 11.0 Å². The first-order valence-electron chi connectivity index (χ1n) is 6.26. The van der Waals surface area contributed by atoms with Gasteiger partial charge in [0.1, 0.15) is 5.82 Å². The predicted octanol–water partition coefficient (Wildman–Crippen LogP) is 3.66. The summed E-state index contributed by atoms with van der Waals surface area (Å²) < 4.78 is 13.1. The average molecular weight is 268 g/mol. The van der Waals surface area contributed by atoms with E-state index in [0.717, 1.165) is 36.7 Å². The number of fused-ring (bicyclic) bond motifs is 1. The van der Waals surface area contributed by atoms with Crippen molar-refractivity contribution in [2.75, 3.05) is 5.32 Å². The van der Waals surface area contributed by atoms with Gasteiger partial charge in [-0.1, -0.05) is 0 Å². The third-order valence-corrected chi connectivity index (χ3v) is 3.88. The van der Waals surface area contributed by atoms with E-state index in [1.54, 1.807) is 6.07 Å². The Morgan fingerprint density at radius 1 is 1.28 bits per heavy atom. The number of aromatic amines is 1. The molecule has 0 amide bonds. The summed E-state index contributed by atoms with van der Waals surface area (Å²) in [5.74, 6) is 0.467. The fourth-order valence-corrected chi connectivity index (χ4v) is 2.69. The summed E-state index contributed by atoms with van der Waals surface area (Å²) in [5.41, 5.74) is 1.51. The molecule has 3 nitrogen and oxygen atoms in total. The normalized spacial score (nSPS) is 24.3. The number of benzene rings is 1. The van der Waals surface area contributed by atoms with E-state index in [0.29, 0.717) is 17.4 Å². The van der Waals surface area contributed by atoms with Gasteiger partial charge in [-0.3, -0.25) is 0 Å². The molecule has 0 aliphatic heterocycles. The summed E-state index contributed by atoms with van der Waals surface area (Å²) in [4.78, 5) is 7.50. The van der Waals surface area contributed by atoms with Gasteiger partial charge in [-0.2, -0.15) is 0 Å². The van der Waals surface area contributed by atoms with Crippen LogP contribution in [0.2, 0.25) is 0 Å². The summed E-state index contributed by atoms with van der Waals surface area (Å²) in [5, 5.41) is 3.68. The molecule has 0 radical (unpaired) electrons. The summed E-state index contributed by atoms with van der Waals surface area (Å²) in [7, 11) is 0. The van der Waals surface area contributed by atoms with Gasteiger partial charge in [-0.15, -0.1) is 11.6 Å². The number of H-pyrrole nitrogens is 1. The van der Waals surface area contributed by atoms with Gasteiger partial charge in [0.2, 0.25) is 5.95 Å². The van der Waals surface area contributed by atoms with Crippen molar-refractivity contribution in [3.05, 3.63) is 24.0 Å². The Bertz CT molecular complexity index is 546. The third-order valence-electron chi connectivity index (χ3n) is 3.44. The Morgan fingerprint density at radius 2 is 2.06 bits per heavy atom. The van der Waals surface area contributed by atoms with Crippen LogP contribution in [0.1, 0.15) is 25.7 Å². The molecular formula is C13H15ClFN3. The number of anilines is 1. The molecule has 0 bridgehead atoms. The number of alkyl halides is 1. The Kier molecular flexibility index (Phi) is 3.12. The first kappa shape index (κ1) is 11.8. The van der Waals surface area contributed by atoms with Crippen molar-refractivity contribution < 1.29 is 4.39 Å². The van der Waals surface area contributed by atoms with E-state index < -0.39 is 0 Å². The topological polar surface area (TPSA) is 40.7 Å². The van der Waals surface area contributed by atoms with Crippen molar-refractivity contribution in [3.8, 4) is 0 Å². The molecular weight excluding hydrogens is 253 g/mol.